The molecule has 2 aromatic heterocycles. The molecule has 1 amide bonds. The Labute approximate surface area is 162 Å². The molecule has 25 heavy (non-hydrogen) atoms. The third-order valence-corrected chi connectivity index (χ3v) is 5.88. The molecule has 128 valence electrons. The molecule has 0 aliphatic carbocycles. The molecule has 0 atom stereocenters. The number of piperazine rings is 1. The first kappa shape index (κ1) is 16.8. The standard InChI is InChI=1S/C17H14BrClN4OS/c18-12-3-1-11(2-4-12)13-9-25-16-14(13)15(20-17(19)21-16)23-7-5-22(10-24)6-8-23/h1-4,9-10H,5-8H2. The summed E-state index contributed by atoms with van der Waals surface area (Å²) in [6.07, 6.45) is 0.901. The Hall–Kier alpha value is -1.70. The van der Waals surface area contributed by atoms with Gasteiger partial charge in [-0.05, 0) is 29.3 Å². The Kier molecular flexibility index (Phi) is 4.62. The van der Waals surface area contributed by atoms with E-state index in [1.54, 1.807) is 16.2 Å². The first-order chi connectivity index (χ1) is 12.2. The maximum Gasteiger partial charge on any atom is 0.225 e. The van der Waals surface area contributed by atoms with Gasteiger partial charge < -0.3 is 9.80 Å². The van der Waals surface area contributed by atoms with Crippen molar-refractivity contribution >= 4 is 61.3 Å². The van der Waals surface area contributed by atoms with Crippen molar-refractivity contribution < 1.29 is 4.79 Å². The number of hydrogen-bond acceptors (Lipinski definition) is 5. The maximum absolute atomic E-state index is 11.0. The summed E-state index contributed by atoms with van der Waals surface area (Å²) in [6.45, 7) is 2.84. The first-order valence-corrected chi connectivity index (χ1v) is 9.86. The van der Waals surface area contributed by atoms with Gasteiger partial charge in [0.05, 0.1) is 5.39 Å². The third kappa shape index (κ3) is 3.23. The summed E-state index contributed by atoms with van der Waals surface area (Å²) >= 11 is 11.2. The van der Waals surface area contributed by atoms with Crippen LogP contribution in [0.5, 0.6) is 0 Å². The number of nitrogens with zero attached hydrogens (tertiary/aromatic N) is 4. The van der Waals surface area contributed by atoms with Crippen LogP contribution in [0.4, 0.5) is 5.82 Å². The summed E-state index contributed by atoms with van der Waals surface area (Å²) in [5, 5.41) is 3.38. The minimum Gasteiger partial charge on any atom is -0.352 e. The number of halogens is 2. The van der Waals surface area contributed by atoms with E-state index in [1.165, 1.54) is 0 Å². The summed E-state index contributed by atoms with van der Waals surface area (Å²) in [6, 6.07) is 8.21. The number of fused-ring (bicyclic) bond motifs is 1. The van der Waals surface area contributed by atoms with Crippen molar-refractivity contribution in [2.75, 3.05) is 31.1 Å². The number of thiophene rings is 1. The lowest BCUT2D eigenvalue weighted by Crippen LogP contribution is -2.46. The Morgan fingerprint density at radius 3 is 2.52 bits per heavy atom. The molecular weight excluding hydrogens is 424 g/mol. The quantitative estimate of drug-likeness (QED) is 0.458. The van der Waals surface area contributed by atoms with Crippen molar-refractivity contribution in [3.8, 4) is 11.1 Å². The van der Waals surface area contributed by atoms with E-state index in [4.69, 9.17) is 11.6 Å². The van der Waals surface area contributed by atoms with Gasteiger partial charge in [-0.15, -0.1) is 11.3 Å². The highest BCUT2D eigenvalue weighted by molar-refractivity contribution is 9.10. The van der Waals surface area contributed by atoms with Gasteiger partial charge >= 0.3 is 0 Å². The highest BCUT2D eigenvalue weighted by atomic mass is 79.9. The molecule has 8 heteroatoms. The molecule has 1 fully saturated rings. The van der Waals surface area contributed by atoms with Crippen molar-refractivity contribution in [3.63, 3.8) is 0 Å². The number of carbonyl (C=O) groups excluding carboxylic acids is 1. The van der Waals surface area contributed by atoms with E-state index in [9.17, 15) is 4.79 Å². The van der Waals surface area contributed by atoms with E-state index in [0.29, 0.717) is 13.1 Å². The van der Waals surface area contributed by atoms with Gasteiger partial charge in [0.25, 0.3) is 0 Å². The van der Waals surface area contributed by atoms with E-state index in [1.807, 2.05) is 12.1 Å². The molecule has 1 saturated heterocycles. The second kappa shape index (κ2) is 6.90. The molecule has 0 radical (unpaired) electrons. The van der Waals surface area contributed by atoms with Crippen LogP contribution in [0.25, 0.3) is 21.3 Å². The molecule has 1 aliphatic heterocycles. The van der Waals surface area contributed by atoms with Crippen molar-refractivity contribution in [1.82, 2.24) is 14.9 Å². The summed E-state index contributed by atoms with van der Waals surface area (Å²) < 4.78 is 1.04. The fourth-order valence-corrected chi connectivity index (χ4v) is 4.43. The largest absolute Gasteiger partial charge is 0.352 e. The predicted octanol–water partition coefficient (Wildman–Crippen LogP) is 4.05. The fourth-order valence-electron chi connectivity index (χ4n) is 3.01. The van der Waals surface area contributed by atoms with Crippen LogP contribution < -0.4 is 4.90 Å². The van der Waals surface area contributed by atoms with Crippen LogP contribution in [-0.4, -0.2) is 47.5 Å². The van der Waals surface area contributed by atoms with Gasteiger partial charge in [-0.25, -0.2) is 4.98 Å². The number of aromatic nitrogens is 2. The van der Waals surface area contributed by atoms with Crippen LogP contribution in [0.3, 0.4) is 0 Å². The van der Waals surface area contributed by atoms with Crippen LogP contribution in [0.2, 0.25) is 5.28 Å². The summed E-state index contributed by atoms with van der Waals surface area (Å²) in [7, 11) is 0. The van der Waals surface area contributed by atoms with Crippen molar-refractivity contribution in [3.05, 3.63) is 39.4 Å². The minimum absolute atomic E-state index is 0.254. The number of anilines is 1. The van der Waals surface area contributed by atoms with Crippen LogP contribution in [0.15, 0.2) is 34.1 Å². The molecule has 0 unspecified atom stereocenters. The predicted molar refractivity (Wildman–Crippen MR) is 105 cm³/mol. The number of carbonyl (C=O) groups is 1. The van der Waals surface area contributed by atoms with Gasteiger partial charge in [0.2, 0.25) is 11.7 Å². The van der Waals surface area contributed by atoms with Crippen LogP contribution >= 0.6 is 38.9 Å². The van der Waals surface area contributed by atoms with Crippen molar-refractivity contribution in [2.45, 2.75) is 0 Å². The van der Waals surface area contributed by atoms with Gasteiger partial charge in [0.15, 0.2) is 0 Å². The lowest BCUT2D eigenvalue weighted by atomic mass is 10.1. The Morgan fingerprint density at radius 1 is 1.12 bits per heavy atom. The molecule has 5 nitrogen and oxygen atoms in total. The summed E-state index contributed by atoms with van der Waals surface area (Å²) in [5.74, 6) is 0.847. The van der Waals surface area contributed by atoms with E-state index in [-0.39, 0.29) is 5.28 Å². The molecule has 0 saturated carbocycles. The van der Waals surface area contributed by atoms with Gasteiger partial charge in [-0.1, -0.05) is 28.1 Å². The number of hydrogen-bond donors (Lipinski definition) is 0. The molecule has 1 aliphatic rings. The number of amides is 1. The molecular formula is C17H14BrClN4OS. The number of benzene rings is 1. The van der Waals surface area contributed by atoms with E-state index in [2.05, 4.69) is 48.3 Å². The average Bonchev–Trinajstić information content (AvgIpc) is 3.05. The minimum atomic E-state index is 0.254. The third-order valence-electron chi connectivity index (χ3n) is 4.31. The molecule has 3 aromatic rings. The average molecular weight is 438 g/mol. The zero-order valence-corrected chi connectivity index (χ0v) is 16.3. The zero-order chi connectivity index (χ0) is 17.4. The fraction of sp³-hybridized carbons (Fsp3) is 0.235. The Morgan fingerprint density at radius 2 is 1.84 bits per heavy atom. The molecule has 1 aromatic carbocycles. The van der Waals surface area contributed by atoms with Crippen LogP contribution in [0, 0.1) is 0 Å². The Bertz CT molecular complexity index is 922. The van der Waals surface area contributed by atoms with Crippen LogP contribution in [0.1, 0.15) is 0 Å². The van der Waals surface area contributed by atoms with Gasteiger partial charge in [0, 0.05) is 41.6 Å². The second-order valence-corrected chi connectivity index (χ2v) is 7.89. The van der Waals surface area contributed by atoms with E-state index < -0.39 is 0 Å². The molecule has 4 rings (SSSR count). The summed E-state index contributed by atoms with van der Waals surface area (Å²) in [5.41, 5.74) is 2.23. The molecule has 0 spiro atoms. The van der Waals surface area contributed by atoms with Gasteiger partial charge in [-0.2, -0.15) is 4.98 Å². The van der Waals surface area contributed by atoms with Crippen molar-refractivity contribution in [2.24, 2.45) is 0 Å². The molecule has 3 heterocycles. The second-order valence-electron chi connectivity index (χ2n) is 5.78. The van der Waals surface area contributed by atoms with Gasteiger partial charge in [0.1, 0.15) is 10.6 Å². The lowest BCUT2D eigenvalue weighted by Gasteiger charge is -2.33. The van der Waals surface area contributed by atoms with Crippen molar-refractivity contribution in [1.29, 1.82) is 0 Å². The molecule has 0 N–H and O–H groups in total. The summed E-state index contributed by atoms with van der Waals surface area (Å²) in [4.78, 5) is 24.7. The zero-order valence-electron chi connectivity index (χ0n) is 13.2. The number of rotatable bonds is 3. The highest BCUT2D eigenvalue weighted by Gasteiger charge is 2.22. The van der Waals surface area contributed by atoms with Crippen LogP contribution in [-0.2, 0) is 4.79 Å². The molecule has 0 bridgehead atoms. The van der Waals surface area contributed by atoms with E-state index >= 15 is 0 Å². The maximum atomic E-state index is 11.0. The van der Waals surface area contributed by atoms with E-state index in [0.717, 1.165) is 51.1 Å². The monoisotopic (exact) mass is 436 g/mol. The topological polar surface area (TPSA) is 49.3 Å². The Balaban J connectivity index is 1.81. The lowest BCUT2D eigenvalue weighted by molar-refractivity contribution is -0.118. The SMILES string of the molecule is O=CN1CCN(c2nc(Cl)nc3scc(-c4ccc(Br)cc4)c23)CC1. The first-order valence-electron chi connectivity index (χ1n) is 7.80. The van der Waals surface area contributed by atoms with Gasteiger partial charge in [-0.3, -0.25) is 4.79 Å². The highest BCUT2D eigenvalue weighted by Crippen LogP contribution is 2.39. The smallest absolute Gasteiger partial charge is 0.225 e. The normalized spacial score (nSPS) is 15.0.